The Kier molecular flexibility index (Phi) is 6.34. The SMILES string of the molecule is CCOc1c(Br)cc(Br)cc1CNCCO. The van der Waals surface area contributed by atoms with E-state index in [4.69, 9.17) is 9.84 Å². The predicted octanol–water partition coefficient (Wildman–Crippen LogP) is 2.69. The summed E-state index contributed by atoms with van der Waals surface area (Å²) in [6.07, 6.45) is 0. The molecule has 1 aromatic carbocycles. The van der Waals surface area contributed by atoms with Crippen LogP contribution in [0.25, 0.3) is 0 Å². The lowest BCUT2D eigenvalue weighted by molar-refractivity contribution is 0.290. The molecule has 0 aliphatic rings. The van der Waals surface area contributed by atoms with Crippen molar-refractivity contribution in [3.05, 3.63) is 26.6 Å². The number of hydrogen-bond donors (Lipinski definition) is 2. The van der Waals surface area contributed by atoms with Crippen molar-refractivity contribution in [2.45, 2.75) is 13.5 Å². The summed E-state index contributed by atoms with van der Waals surface area (Å²) in [4.78, 5) is 0. The average molecular weight is 353 g/mol. The van der Waals surface area contributed by atoms with Gasteiger partial charge < -0.3 is 15.2 Å². The van der Waals surface area contributed by atoms with Gasteiger partial charge in [-0.1, -0.05) is 15.9 Å². The lowest BCUT2D eigenvalue weighted by Gasteiger charge is -2.13. The highest BCUT2D eigenvalue weighted by atomic mass is 79.9. The Labute approximate surface area is 112 Å². The van der Waals surface area contributed by atoms with E-state index in [-0.39, 0.29) is 6.61 Å². The van der Waals surface area contributed by atoms with E-state index in [0.717, 1.165) is 20.3 Å². The first-order valence-electron chi connectivity index (χ1n) is 5.11. The van der Waals surface area contributed by atoms with Gasteiger partial charge in [-0.25, -0.2) is 0 Å². The van der Waals surface area contributed by atoms with Gasteiger partial charge in [-0.15, -0.1) is 0 Å². The second-order valence-corrected chi connectivity index (χ2v) is 4.98. The van der Waals surface area contributed by atoms with E-state index >= 15 is 0 Å². The molecule has 0 bridgehead atoms. The topological polar surface area (TPSA) is 41.5 Å². The molecular weight excluding hydrogens is 338 g/mol. The van der Waals surface area contributed by atoms with E-state index in [1.54, 1.807) is 0 Å². The molecule has 2 N–H and O–H groups in total. The van der Waals surface area contributed by atoms with Crippen LogP contribution < -0.4 is 10.1 Å². The Morgan fingerprint density at radius 2 is 2.12 bits per heavy atom. The van der Waals surface area contributed by atoms with E-state index in [1.807, 2.05) is 19.1 Å². The molecule has 0 unspecified atom stereocenters. The summed E-state index contributed by atoms with van der Waals surface area (Å²) in [7, 11) is 0. The summed E-state index contributed by atoms with van der Waals surface area (Å²) in [6, 6.07) is 3.97. The minimum Gasteiger partial charge on any atom is -0.492 e. The monoisotopic (exact) mass is 351 g/mol. The molecule has 0 aliphatic carbocycles. The first-order chi connectivity index (χ1) is 7.69. The number of aliphatic hydroxyl groups excluding tert-OH is 1. The summed E-state index contributed by atoms with van der Waals surface area (Å²) in [5.41, 5.74) is 1.07. The molecule has 0 heterocycles. The smallest absolute Gasteiger partial charge is 0.138 e. The van der Waals surface area contributed by atoms with Gasteiger partial charge in [0.15, 0.2) is 0 Å². The Bertz CT molecular complexity index is 345. The Morgan fingerprint density at radius 1 is 1.38 bits per heavy atom. The first kappa shape index (κ1) is 14.0. The van der Waals surface area contributed by atoms with Gasteiger partial charge in [0, 0.05) is 23.1 Å². The van der Waals surface area contributed by atoms with Crippen molar-refractivity contribution in [3.63, 3.8) is 0 Å². The minimum absolute atomic E-state index is 0.138. The van der Waals surface area contributed by atoms with Crippen LogP contribution >= 0.6 is 31.9 Å². The Hall–Kier alpha value is -0.100. The zero-order valence-electron chi connectivity index (χ0n) is 9.09. The highest BCUT2D eigenvalue weighted by Gasteiger charge is 2.09. The molecule has 0 aromatic heterocycles. The van der Waals surface area contributed by atoms with Crippen LogP contribution in [0, 0.1) is 0 Å². The molecule has 0 fully saturated rings. The van der Waals surface area contributed by atoms with Crippen molar-refractivity contribution in [3.8, 4) is 5.75 Å². The molecule has 1 rings (SSSR count). The zero-order chi connectivity index (χ0) is 12.0. The fourth-order valence-corrected chi connectivity index (χ4v) is 2.78. The Morgan fingerprint density at radius 3 is 2.75 bits per heavy atom. The molecule has 0 aliphatic heterocycles. The number of hydrogen-bond acceptors (Lipinski definition) is 3. The lowest BCUT2D eigenvalue weighted by atomic mass is 10.2. The molecule has 5 heteroatoms. The summed E-state index contributed by atoms with van der Waals surface area (Å²) in [6.45, 7) is 3.98. The van der Waals surface area contributed by atoms with Crippen LogP contribution in [0.15, 0.2) is 21.1 Å². The predicted molar refractivity (Wildman–Crippen MR) is 71.8 cm³/mol. The maximum Gasteiger partial charge on any atom is 0.138 e. The number of ether oxygens (including phenoxy) is 1. The number of halogens is 2. The summed E-state index contributed by atoms with van der Waals surface area (Å²) in [5, 5.41) is 11.8. The van der Waals surface area contributed by atoms with Crippen LogP contribution in [0.3, 0.4) is 0 Å². The van der Waals surface area contributed by atoms with E-state index < -0.39 is 0 Å². The number of aliphatic hydroxyl groups is 1. The van der Waals surface area contributed by atoms with Gasteiger partial charge in [0.2, 0.25) is 0 Å². The second-order valence-electron chi connectivity index (χ2n) is 3.21. The molecule has 0 radical (unpaired) electrons. The van der Waals surface area contributed by atoms with Gasteiger partial charge in [0.25, 0.3) is 0 Å². The molecule has 0 saturated carbocycles. The fourth-order valence-electron chi connectivity index (χ4n) is 1.35. The van der Waals surface area contributed by atoms with Crippen LogP contribution in [-0.2, 0) is 6.54 Å². The molecule has 0 saturated heterocycles. The van der Waals surface area contributed by atoms with Gasteiger partial charge in [-0.2, -0.15) is 0 Å². The molecule has 3 nitrogen and oxygen atoms in total. The third kappa shape index (κ3) is 4.05. The number of nitrogens with one attached hydrogen (secondary N) is 1. The van der Waals surface area contributed by atoms with E-state index in [1.165, 1.54) is 0 Å². The van der Waals surface area contributed by atoms with E-state index in [2.05, 4.69) is 37.2 Å². The summed E-state index contributed by atoms with van der Waals surface area (Å²) < 4.78 is 7.52. The van der Waals surface area contributed by atoms with Crippen molar-refractivity contribution in [1.29, 1.82) is 0 Å². The molecule has 16 heavy (non-hydrogen) atoms. The van der Waals surface area contributed by atoms with Crippen LogP contribution in [0.1, 0.15) is 12.5 Å². The van der Waals surface area contributed by atoms with Crippen molar-refractivity contribution >= 4 is 31.9 Å². The van der Waals surface area contributed by atoms with Gasteiger partial charge in [-0.3, -0.25) is 0 Å². The number of rotatable bonds is 6. The maximum atomic E-state index is 8.71. The highest BCUT2D eigenvalue weighted by molar-refractivity contribution is 9.11. The molecule has 0 atom stereocenters. The van der Waals surface area contributed by atoms with Crippen LogP contribution in [0.4, 0.5) is 0 Å². The third-order valence-electron chi connectivity index (χ3n) is 1.98. The van der Waals surface area contributed by atoms with E-state index in [0.29, 0.717) is 19.7 Å². The van der Waals surface area contributed by atoms with Crippen LogP contribution in [0.5, 0.6) is 5.75 Å². The van der Waals surface area contributed by atoms with Gasteiger partial charge >= 0.3 is 0 Å². The molecule has 0 amide bonds. The van der Waals surface area contributed by atoms with Gasteiger partial charge in [0.1, 0.15) is 5.75 Å². The van der Waals surface area contributed by atoms with E-state index in [9.17, 15) is 0 Å². The van der Waals surface area contributed by atoms with Crippen molar-refractivity contribution in [1.82, 2.24) is 5.32 Å². The van der Waals surface area contributed by atoms with Gasteiger partial charge in [-0.05, 0) is 35.0 Å². The quantitative estimate of drug-likeness (QED) is 0.773. The largest absolute Gasteiger partial charge is 0.492 e. The molecule has 1 aromatic rings. The summed E-state index contributed by atoms with van der Waals surface area (Å²) >= 11 is 6.92. The normalized spacial score (nSPS) is 10.5. The van der Waals surface area contributed by atoms with Crippen molar-refractivity contribution in [2.75, 3.05) is 19.8 Å². The molecular formula is C11H15Br2NO2. The molecule has 0 spiro atoms. The highest BCUT2D eigenvalue weighted by Crippen LogP contribution is 2.32. The lowest BCUT2D eigenvalue weighted by Crippen LogP contribution is -2.18. The number of benzene rings is 1. The fraction of sp³-hybridized carbons (Fsp3) is 0.455. The van der Waals surface area contributed by atoms with Crippen LogP contribution in [-0.4, -0.2) is 24.9 Å². The van der Waals surface area contributed by atoms with Crippen molar-refractivity contribution in [2.24, 2.45) is 0 Å². The first-order valence-corrected chi connectivity index (χ1v) is 6.70. The van der Waals surface area contributed by atoms with Crippen LogP contribution in [0.2, 0.25) is 0 Å². The Balaban J connectivity index is 2.85. The standard InChI is InChI=1S/C11H15Br2NO2/c1-2-16-11-8(7-14-3-4-15)5-9(12)6-10(11)13/h5-6,14-15H,2-4,7H2,1H3. The third-order valence-corrected chi connectivity index (χ3v) is 3.02. The average Bonchev–Trinajstić information content (AvgIpc) is 2.23. The minimum atomic E-state index is 0.138. The maximum absolute atomic E-state index is 8.71. The second kappa shape index (κ2) is 7.27. The summed E-state index contributed by atoms with van der Waals surface area (Å²) in [5.74, 6) is 0.858. The van der Waals surface area contributed by atoms with Crippen molar-refractivity contribution < 1.29 is 9.84 Å². The van der Waals surface area contributed by atoms with Gasteiger partial charge in [0.05, 0.1) is 17.7 Å². The molecule has 90 valence electrons. The zero-order valence-corrected chi connectivity index (χ0v) is 12.3.